The SMILES string of the molecule is Cc1ccc(S(=O)(=O)N(C)C)cc1NCC(=O)Nc1cc(F)ccc1F. The normalized spacial score (nSPS) is 11.5. The van der Waals surface area contributed by atoms with Crippen LogP contribution in [0.2, 0.25) is 0 Å². The molecule has 0 radical (unpaired) electrons. The molecule has 26 heavy (non-hydrogen) atoms. The summed E-state index contributed by atoms with van der Waals surface area (Å²) in [4.78, 5) is 12.0. The molecule has 0 bridgehead atoms. The molecular weight excluding hydrogens is 364 g/mol. The van der Waals surface area contributed by atoms with E-state index in [0.29, 0.717) is 5.69 Å². The minimum Gasteiger partial charge on any atom is -0.376 e. The first-order valence-corrected chi connectivity index (χ1v) is 9.07. The Kier molecular flexibility index (Phi) is 5.94. The minimum absolute atomic E-state index is 0.0761. The monoisotopic (exact) mass is 383 g/mol. The maximum Gasteiger partial charge on any atom is 0.243 e. The Labute approximate surface area is 150 Å². The second-order valence-electron chi connectivity index (χ2n) is 5.79. The van der Waals surface area contributed by atoms with Gasteiger partial charge in [-0.05, 0) is 36.8 Å². The molecule has 0 unspecified atom stereocenters. The van der Waals surface area contributed by atoms with Crippen molar-refractivity contribution >= 4 is 27.3 Å². The maximum atomic E-state index is 13.5. The van der Waals surface area contributed by atoms with Crippen molar-refractivity contribution < 1.29 is 22.0 Å². The number of hydrogen-bond acceptors (Lipinski definition) is 4. The number of carbonyl (C=O) groups is 1. The number of sulfonamides is 1. The summed E-state index contributed by atoms with van der Waals surface area (Å²) in [5, 5.41) is 5.07. The van der Waals surface area contributed by atoms with Crippen molar-refractivity contribution in [2.24, 2.45) is 0 Å². The number of benzene rings is 2. The number of nitrogens with one attached hydrogen (secondary N) is 2. The Morgan fingerprint density at radius 1 is 1.08 bits per heavy atom. The Bertz CT molecular complexity index is 931. The van der Waals surface area contributed by atoms with Gasteiger partial charge >= 0.3 is 0 Å². The van der Waals surface area contributed by atoms with Crippen LogP contribution in [-0.2, 0) is 14.8 Å². The number of carbonyl (C=O) groups excluding carboxylic acids is 1. The molecule has 0 atom stereocenters. The fraction of sp³-hybridized carbons (Fsp3) is 0.235. The molecule has 0 spiro atoms. The predicted octanol–water partition coefficient (Wildman–Crippen LogP) is 2.57. The molecule has 140 valence electrons. The molecule has 0 fully saturated rings. The molecule has 1 amide bonds. The summed E-state index contributed by atoms with van der Waals surface area (Å²) in [6, 6.07) is 7.24. The Morgan fingerprint density at radius 3 is 2.42 bits per heavy atom. The molecule has 0 heterocycles. The molecule has 0 aliphatic carbocycles. The molecule has 6 nitrogen and oxygen atoms in total. The number of halogens is 2. The van der Waals surface area contributed by atoms with E-state index in [2.05, 4.69) is 10.6 Å². The predicted molar refractivity (Wildman–Crippen MR) is 95.5 cm³/mol. The molecule has 0 aliphatic rings. The van der Waals surface area contributed by atoms with Crippen LogP contribution in [-0.4, -0.2) is 39.3 Å². The van der Waals surface area contributed by atoms with Gasteiger partial charge in [-0.3, -0.25) is 4.79 Å². The summed E-state index contributed by atoms with van der Waals surface area (Å²) in [6.45, 7) is 1.50. The summed E-state index contributed by atoms with van der Waals surface area (Å²) in [7, 11) is -0.772. The van der Waals surface area contributed by atoms with Crippen LogP contribution >= 0.6 is 0 Å². The van der Waals surface area contributed by atoms with Crippen molar-refractivity contribution in [1.29, 1.82) is 0 Å². The van der Waals surface area contributed by atoms with Crippen LogP contribution in [0.1, 0.15) is 5.56 Å². The average molecular weight is 383 g/mol. The number of rotatable bonds is 6. The topological polar surface area (TPSA) is 78.5 Å². The summed E-state index contributed by atoms with van der Waals surface area (Å²) >= 11 is 0. The van der Waals surface area contributed by atoms with Gasteiger partial charge in [-0.2, -0.15) is 0 Å². The lowest BCUT2D eigenvalue weighted by Gasteiger charge is -2.15. The molecule has 2 N–H and O–H groups in total. The van der Waals surface area contributed by atoms with Crippen molar-refractivity contribution in [3.05, 3.63) is 53.6 Å². The van der Waals surface area contributed by atoms with Crippen molar-refractivity contribution in [2.75, 3.05) is 31.3 Å². The zero-order valence-electron chi connectivity index (χ0n) is 14.5. The van der Waals surface area contributed by atoms with Gasteiger partial charge < -0.3 is 10.6 Å². The quantitative estimate of drug-likeness (QED) is 0.804. The molecular formula is C17H19F2N3O3S. The molecule has 2 aromatic carbocycles. The first kappa shape index (κ1) is 19.8. The number of aryl methyl sites for hydroxylation is 1. The summed E-state index contributed by atoms with van der Waals surface area (Å²) < 4.78 is 52.1. The van der Waals surface area contributed by atoms with Crippen LogP contribution in [0.5, 0.6) is 0 Å². The molecule has 0 saturated heterocycles. The van der Waals surface area contributed by atoms with Gasteiger partial charge in [0.1, 0.15) is 11.6 Å². The summed E-state index contributed by atoms with van der Waals surface area (Å²) in [5.74, 6) is -2.03. The third-order valence-corrected chi connectivity index (χ3v) is 5.44. The van der Waals surface area contributed by atoms with Crippen LogP contribution < -0.4 is 10.6 Å². The van der Waals surface area contributed by atoms with Gasteiger partial charge in [0.05, 0.1) is 17.1 Å². The van der Waals surface area contributed by atoms with Crippen molar-refractivity contribution in [3.63, 3.8) is 0 Å². The van der Waals surface area contributed by atoms with Crippen molar-refractivity contribution in [3.8, 4) is 0 Å². The van der Waals surface area contributed by atoms with Gasteiger partial charge in [0.25, 0.3) is 0 Å². The van der Waals surface area contributed by atoms with Gasteiger partial charge in [-0.1, -0.05) is 6.07 Å². The van der Waals surface area contributed by atoms with E-state index in [1.165, 1.54) is 26.2 Å². The first-order chi connectivity index (χ1) is 12.1. The smallest absolute Gasteiger partial charge is 0.243 e. The highest BCUT2D eigenvalue weighted by Gasteiger charge is 2.18. The average Bonchev–Trinajstić information content (AvgIpc) is 2.57. The van der Waals surface area contributed by atoms with Crippen LogP contribution in [0.3, 0.4) is 0 Å². The lowest BCUT2D eigenvalue weighted by atomic mass is 10.2. The molecule has 9 heteroatoms. The van der Waals surface area contributed by atoms with Gasteiger partial charge in [0, 0.05) is 25.8 Å². The standard InChI is InChI=1S/C17H19F2N3O3S/c1-11-4-6-13(26(24,25)22(2)3)9-15(11)20-10-17(23)21-16-8-12(18)5-7-14(16)19/h4-9,20H,10H2,1-3H3,(H,21,23). The van der Waals surface area contributed by atoms with E-state index in [0.717, 1.165) is 28.1 Å². The number of nitrogens with zero attached hydrogens (tertiary/aromatic N) is 1. The molecule has 0 aliphatic heterocycles. The van der Waals surface area contributed by atoms with Gasteiger partial charge in [0.15, 0.2) is 0 Å². The number of hydrogen-bond donors (Lipinski definition) is 2. The zero-order valence-corrected chi connectivity index (χ0v) is 15.3. The second-order valence-corrected chi connectivity index (χ2v) is 7.94. The van der Waals surface area contributed by atoms with Crippen LogP contribution in [0.4, 0.5) is 20.2 Å². The Morgan fingerprint density at radius 2 is 1.77 bits per heavy atom. The third kappa shape index (κ3) is 4.55. The van der Waals surface area contributed by atoms with Crippen LogP contribution in [0, 0.1) is 18.6 Å². The Balaban J connectivity index is 2.11. The van der Waals surface area contributed by atoms with Crippen LogP contribution in [0.15, 0.2) is 41.3 Å². The fourth-order valence-electron chi connectivity index (χ4n) is 2.13. The van der Waals surface area contributed by atoms with Gasteiger partial charge in [-0.25, -0.2) is 21.5 Å². The van der Waals surface area contributed by atoms with E-state index in [-0.39, 0.29) is 17.1 Å². The van der Waals surface area contributed by atoms with E-state index in [9.17, 15) is 22.0 Å². The van der Waals surface area contributed by atoms with E-state index in [4.69, 9.17) is 0 Å². The summed E-state index contributed by atoms with van der Waals surface area (Å²) in [5.41, 5.74) is 0.910. The number of amides is 1. The zero-order chi connectivity index (χ0) is 19.5. The minimum atomic E-state index is -3.61. The van der Waals surface area contributed by atoms with E-state index >= 15 is 0 Å². The second kappa shape index (κ2) is 7.79. The number of anilines is 2. The third-order valence-electron chi connectivity index (χ3n) is 3.63. The molecule has 2 rings (SSSR count). The van der Waals surface area contributed by atoms with Crippen LogP contribution in [0.25, 0.3) is 0 Å². The lowest BCUT2D eigenvalue weighted by molar-refractivity contribution is -0.114. The molecule has 0 aromatic heterocycles. The fourth-order valence-corrected chi connectivity index (χ4v) is 3.05. The summed E-state index contributed by atoms with van der Waals surface area (Å²) in [6.07, 6.45) is 0. The highest BCUT2D eigenvalue weighted by molar-refractivity contribution is 7.89. The van der Waals surface area contributed by atoms with E-state index < -0.39 is 27.6 Å². The molecule has 0 saturated carbocycles. The molecule has 2 aromatic rings. The highest BCUT2D eigenvalue weighted by Crippen LogP contribution is 2.22. The Hall–Kier alpha value is -2.52. The van der Waals surface area contributed by atoms with Gasteiger partial charge in [-0.15, -0.1) is 0 Å². The first-order valence-electron chi connectivity index (χ1n) is 7.63. The van der Waals surface area contributed by atoms with E-state index in [1.807, 2.05) is 0 Å². The maximum absolute atomic E-state index is 13.5. The largest absolute Gasteiger partial charge is 0.376 e. The highest BCUT2D eigenvalue weighted by atomic mass is 32.2. The van der Waals surface area contributed by atoms with Crippen molar-refractivity contribution in [1.82, 2.24) is 4.31 Å². The van der Waals surface area contributed by atoms with Gasteiger partial charge in [0.2, 0.25) is 15.9 Å². The lowest BCUT2D eigenvalue weighted by Crippen LogP contribution is -2.24. The van der Waals surface area contributed by atoms with E-state index in [1.54, 1.807) is 13.0 Å². The van der Waals surface area contributed by atoms with Crippen molar-refractivity contribution in [2.45, 2.75) is 11.8 Å².